The van der Waals surface area contributed by atoms with Gasteiger partial charge in [-0.2, -0.15) is 0 Å². The molecule has 0 aromatic heterocycles. The summed E-state index contributed by atoms with van der Waals surface area (Å²) >= 11 is 0. The highest BCUT2D eigenvalue weighted by molar-refractivity contribution is 7.89. The molecule has 21 heavy (non-hydrogen) atoms. The second-order valence-corrected chi connectivity index (χ2v) is 6.30. The third kappa shape index (κ3) is 4.11. The Morgan fingerprint density at radius 2 is 1.52 bits per heavy atom. The van der Waals surface area contributed by atoms with Crippen molar-refractivity contribution in [1.29, 1.82) is 0 Å². The zero-order chi connectivity index (χ0) is 15.5. The van der Waals surface area contributed by atoms with Gasteiger partial charge in [-0.15, -0.1) is 0 Å². The highest BCUT2D eigenvalue weighted by Gasteiger charge is 2.12. The molecule has 0 spiro atoms. The minimum atomic E-state index is -3.64. The van der Waals surface area contributed by atoms with E-state index >= 15 is 0 Å². The van der Waals surface area contributed by atoms with Crippen molar-refractivity contribution < 1.29 is 13.2 Å². The van der Waals surface area contributed by atoms with Crippen LogP contribution >= 0.6 is 0 Å². The molecule has 4 nitrogen and oxygen atoms in total. The fourth-order valence-electron chi connectivity index (χ4n) is 1.96. The highest BCUT2D eigenvalue weighted by Crippen LogP contribution is 2.17. The van der Waals surface area contributed by atoms with Gasteiger partial charge in [0.2, 0.25) is 10.0 Å². The predicted octanol–water partition coefficient (Wildman–Crippen LogP) is 2.22. The smallest absolute Gasteiger partial charge is 0.213 e. The van der Waals surface area contributed by atoms with Gasteiger partial charge in [0.15, 0.2) is 5.78 Å². The molecule has 2 rings (SSSR count). The van der Waals surface area contributed by atoms with E-state index in [9.17, 15) is 13.2 Å². The van der Waals surface area contributed by atoms with E-state index < -0.39 is 10.0 Å². The molecule has 0 amide bonds. The van der Waals surface area contributed by atoms with E-state index in [1.807, 2.05) is 6.07 Å². The van der Waals surface area contributed by atoms with E-state index in [1.165, 1.54) is 0 Å². The summed E-state index contributed by atoms with van der Waals surface area (Å²) in [6.07, 6.45) is 0. The van der Waals surface area contributed by atoms with Crippen LogP contribution in [0, 0.1) is 0 Å². The lowest BCUT2D eigenvalue weighted by molar-refractivity contribution is 0.103. The molecule has 0 saturated carbocycles. The van der Waals surface area contributed by atoms with Gasteiger partial charge in [0.05, 0.1) is 5.75 Å². The van der Waals surface area contributed by atoms with Crippen LogP contribution < -0.4 is 5.14 Å². The number of benzene rings is 2. The molecule has 2 aromatic rings. The molecule has 0 atom stereocenters. The van der Waals surface area contributed by atoms with Crippen LogP contribution in [-0.4, -0.2) is 20.0 Å². The first-order chi connectivity index (χ1) is 9.87. The standard InChI is InChI=1S/C16H15NO3S/c1-12(11-21(17,19)20)14-8-5-9-15(10-14)16(18)13-6-3-2-4-7-13/h2-10H,1,11H2,(H2,17,19,20). The Bertz CT molecular complexity index is 780. The highest BCUT2D eigenvalue weighted by atomic mass is 32.2. The third-order valence-electron chi connectivity index (χ3n) is 2.94. The van der Waals surface area contributed by atoms with Gasteiger partial charge in [-0.3, -0.25) is 4.79 Å². The lowest BCUT2D eigenvalue weighted by atomic mass is 9.99. The molecule has 0 aliphatic carbocycles. The molecule has 108 valence electrons. The van der Waals surface area contributed by atoms with E-state index in [1.54, 1.807) is 48.5 Å². The molecular formula is C16H15NO3S. The summed E-state index contributed by atoms with van der Waals surface area (Å²) < 4.78 is 22.2. The number of carbonyl (C=O) groups excluding carboxylic acids is 1. The van der Waals surface area contributed by atoms with Crippen molar-refractivity contribution in [2.75, 3.05) is 5.75 Å². The predicted molar refractivity (Wildman–Crippen MR) is 83.3 cm³/mol. The first-order valence-electron chi connectivity index (χ1n) is 6.25. The van der Waals surface area contributed by atoms with E-state index in [-0.39, 0.29) is 11.5 Å². The van der Waals surface area contributed by atoms with Crippen LogP contribution in [-0.2, 0) is 10.0 Å². The second-order valence-electron chi connectivity index (χ2n) is 4.69. The van der Waals surface area contributed by atoms with Gasteiger partial charge in [-0.05, 0) is 17.2 Å². The lowest BCUT2D eigenvalue weighted by Crippen LogP contribution is -2.17. The van der Waals surface area contributed by atoms with Gasteiger partial charge in [0, 0.05) is 11.1 Å². The number of ketones is 1. The van der Waals surface area contributed by atoms with Crippen LogP contribution in [0.3, 0.4) is 0 Å². The first-order valence-corrected chi connectivity index (χ1v) is 7.97. The average molecular weight is 301 g/mol. The number of hydrogen-bond acceptors (Lipinski definition) is 3. The molecule has 0 unspecified atom stereocenters. The van der Waals surface area contributed by atoms with Crippen LogP contribution in [0.1, 0.15) is 21.5 Å². The van der Waals surface area contributed by atoms with Crippen molar-refractivity contribution in [2.45, 2.75) is 0 Å². The van der Waals surface area contributed by atoms with Crippen LogP contribution in [0.2, 0.25) is 0 Å². The van der Waals surface area contributed by atoms with E-state index in [0.29, 0.717) is 22.3 Å². The fraction of sp³-hybridized carbons (Fsp3) is 0.0625. The molecule has 0 radical (unpaired) electrons. The molecule has 5 heteroatoms. The third-order valence-corrected chi connectivity index (χ3v) is 3.70. The fourth-order valence-corrected chi connectivity index (χ4v) is 2.62. The van der Waals surface area contributed by atoms with Crippen LogP contribution in [0.4, 0.5) is 0 Å². The topological polar surface area (TPSA) is 77.2 Å². The Kier molecular flexibility index (Phi) is 4.35. The molecule has 2 aromatic carbocycles. The number of hydrogen-bond donors (Lipinski definition) is 1. The van der Waals surface area contributed by atoms with Crippen LogP contribution in [0.5, 0.6) is 0 Å². The van der Waals surface area contributed by atoms with Crippen molar-refractivity contribution in [3.05, 3.63) is 77.9 Å². The van der Waals surface area contributed by atoms with Gasteiger partial charge in [-0.1, -0.05) is 55.1 Å². The summed E-state index contributed by atoms with van der Waals surface area (Å²) in [4.78, 5) is 12.3. The maximum Gasteiger partial charge on any atom is 0.213 e. The lowest BCUT2D eigenvalue weighted by Gasteiger charge is -2.07. The number of nitrogens with two attached hydrogens (primary N) is 1. The molecule has 0 bridgehead atoms. The quantitative estimate of drug-likeness (QED) is 0.860. The van der Waals surface area contributed by atoms with Crippen molar-refractivity contribution in [3.63, 3.8) is 0 Å². The summed E-state index contributed by atoms with van der Waals surface area (Å²) in [5, 5.41) is 5.01. The summed E-state index contributed by atoms with van der Waals surface area (Å²) in [6, 6.07) is 15.6. The van der Waals surface area contributed by atoms with Crippen molar-refractivity contribution >= 4 is 21.4 Å². The Labute approximate surface area is 124 Å². The Balaban J connectivity index is 2.30. The van der Waals surface area contributed by atoms with E-state index in [4.69, 9.17) is 5.14 Å². The SMILES string of the molecule is C=C(CS(N)(=O)=O)c1cccc(C(=O)c2ccccc2)c1. The van der Waals surface area contributed by atoms with Crippen molar-refractivity contribution in [2.24, 2.45) is 5.14 Å². The van der Waals surface area contributed by atoms with Gasteiger partial charge < -0.3 is 0 Å². The van der Waals surface area contributed by atoms with Crippen molar-refractivity contribution in [3.8, 4) is 0 Å². The molecule has 0 aliphatic rings. The molecule has 0 saturated heterocycles. The number of primary sulfonamides is 1. The summed E-state index contributed by atoms with van der Waals surface area (Å²) in [5.41, 5.74) is 2.01. The monoisotopic (exact) mass is 301 g/mol. The van der Waals surface area contributed by atoms with Gasteiger partial charge in [-0.25, -0.2) is 13.6 Å². The molecule has 0 heterocycles. The molecule has 0 aliphatic heterocycles. The summed E-state index contributed by atoms with van der Waals surface area (Å²) in [6.45, 7) is 3.71. The Hall–Kier alpha value is -2.24. The maximum atomic E-state index is 12.3. The van der Waals surface area contributed by atoms with E-state index in [2.05, 4.69) is 6.58 Å². The van der Waals surface area contributed by atoms with Crippen LogP contribution in [0.25, 0.3) is 5.57 Å². The second kappa shape index (κ2) is 6.03. The maximum absolute atomic E-state index is 12.3. The van der Waals surface area contributed by atoms with Gasteiger partial charge in [0.25, 0.3) is 0 Å². The molecular weight excluding hydrogens is 286 g/mol. The number of sulfonamides is 1. The Morgan fingerprint density at radius 1 is 0.952 bits per heavy atom. The normalized spacial score (nSPS) is 11.1. The van der Waals surface area contributed by atoms with Gasteiger partial charge in [0.1, 0.15) is 0 Å². The average Bonchev–Trinajstić information content (AvgIpc) is 2.46. The first kappa shape index (κ1) is 15.2. The minimum Gasteiger partial charge on any atom is -0.289 e. The number of carbonyl (C=O) groups is 1. The zero-order valence-electron chi connectivity index (χ0n) is 11.3. The van der Waals surface area contributed by atoms with Crippen molar-refractivity contribution in [1.82, 2.24) is 0 Å². The van der Waals surface area contributed by atoms with Gasteiger partial charge >= 0.3 is 0 Å². The molecule has 2 N–H and O–H groups in total. The summed E-state index contributed by atoms with van der Waals surface area (Å²) in [7, 11) is -3.64. The van der Waals surface area contributed by atoms with Crippen LogP contribution in [0.15, 0.2) is 61.2 Å². The number of rotatable bonds is 5. The Morgan fingerprint density at radius 3 is 2.14 bits per heavy atom. The largest absolute Gasteiger partial charge is 0.289 e. The minimum absolute atomic E-state index is 0.124. The summed E-state index contributed by atoms with van der Waals surface area (Å²) in [5.74, 6) is -0.462. The molecule has 0 fully saturated rings. The zero-order valence-corrected chi connectivity index (χ0v) is 12.1. The van der Waals surface area contributed by atoms with E-state index in [0.717, 1.165) is 0 Å².